The molecule has 18 heavy (non-hydrogen) atoms. The lowest BCUT2D eigenvalue weighted by Gasteiger charge is -2.24. The Labute approximate surface area is 106 Å². The van der Waals surface area contributed by atoms with Crippen molar-refractivity contribution in [3.63, 3.8) is 0 Å². The Morgan fingerprint density at radius 1 is 1.17 bits per heavy atom. The van der Waals surface area contributed by atoms with Crippen LogP contribution in [0.2, 0.25) is 0 Å². The van der Waals surface area contributed by atoms with Gasteiger partial charge in [-0.15, -0.1) is 0 Å². The van der Waals surface area contributed by atoms with Crippen LogP contribution in [0.15, 0.2) is 12.1 Å². The van der Waals surface area contributed by atoms with Crippen molar-refractivity contribution in [1.29, 1.82) is 0 Å². The summed E-state index contributed by atoms with van der Waals surface area (Å²) in [5.74, 6) is -0.334. The fourth-order valence-electron chi connectivity index (χ4n) is 1.88. The maximum atomic E-state index is 11.9. The fourth-order valence-corrected chi connectivity index (χ4v) is 1.88. The van der Waals surface area contributed by atoms with Crippen LogP contribution in [-0.2, 0) is 17.8 Å². The summed E-state index contributed by atoms with van der Waals surface area (Å²) in [6, 6.07) is 2.96. The number of ether oxygens (including phenoxy) is 1. The third kappa shape index (κ3) is 2.50. The third-order valence-corrected chi connectivity index (χ3v) is 2.67. The Morgan fingerprint density at radius 3 is 2.00 bits per heavy atom. The zero-order chi connectivity index (χ0) is 13.5. The summed E-state index contributed by atoms with van der Waals surface area (Å²) in [4.78, 5) is 13.4. The van der Waals surface area contributed by atoms with Crippen LogP contribution in [0.5, 0.6) is 11.5 Å². The SMILES string of the molecule is CC(C)(C)OC(=O)N1Cc2cc(O)c(O)cc2C1. The van der Waals surface area contributed by atoms with Gasteiger partial charge in [-0.1, -0.05) is 0 Å². The predicted octanol–water partition coefficient (Wildman–Crippen LogP) is 2.35. The molecule has 2 rings (SSSR count). The Hall–Kier alpha value is -1.91. The summed E-state index contributed by atoms with van der Waals surface area (Å²) >= 11 is 0. The van der Waals surface area contributed by atoms with Crippen molar-refractivity contribution in [2.24, 2.45) is 0 Å². The van der Waals surface area contributed by atoms with Crippen LogP contribution in [-0.4, -0.2) is 26.8 Å². The van der Waals surface area contributed by atoms with Gasteiger partial charge in [-0.2, -0.15) is 0 Å². The molecule has 1 heterocycles. The van der Waals surface area contributed by atoms with Crippen molar-refractivity contribution in [1.82, 2.24) is 4.90 Å². The minimum atomic E-state index is -0.532. The first-order chi connectivity index (χ1) is 8.26. The lowest BCUT2D eigenvalue weighted by Crippen LogP contribution is -2.33. The lowest BCUT2D eigenvalue weighted by atomic mass is 10.1. The first-order valence-corrected chi connectivity index (χ1v) is 5.78. The second kappa shape index (κ2) is 4.08. The summed E-state index contributed by atoms with van der Waals surface area (Å²) < 4.78 is 5.28. The van der Waals surface area contributed by atoms with Gasteiger partial charge in [0.15, 0.2) is 11.5 Å². The average molecular weight is 251 g/mol. The van der Waals surface area contributed by atoms with Crippen LogP contribution in [0.1, 0.15) is 31.9 Å². The van der Waals surface area contributed by atoms with Crippen LogP contribution >= 0.6 is 0 Å². The number of carbonyl (C=O) groups excluding carboxylic acids is 1. The number of aromatic hydroxyl groups is 2. The Bertz CT molecular complexity index is 459. The first kappa shape index (κ1) is 12.5. The molecule has 5 nitrogen and oxygen atoms in total. The molecule has 1 aliphatic heterocycles. The lowest BCUT2D eigenvalue weighted by molar-refractivity contribution is 0.0241. The van der Waals surface area contributed by atoms with E-state index < -0.39 is 11.7 Å². The maximum absolute atomic E-state index is 11.9. The molecule has 0 bridgehead atoms. The molecular formula is C13H17NO4. The molecule has 2 N–H and O–H groups in total. The summed E-state index contributed by atoms with van der Waals surface area (Å²) in [6.45, 7) is 6.21. The summed E-state index contributed by atoms with van der Waals surface area (Å²) in [6.07, 6.45) is -0.391. The van der Waals surface area contributed by atoms with E-state index in [-0.39, 0.29) is 11.5 Å². The second-order valence-electron chi connectivity index (χ2n) is 5.45. The number of phenols is 2. The topological polar surface area (TPSA) is 70.0 Å². The first-order valence-electron chi connectivity index (χ1n) is 5.78. The van der Waals surface area contributed by atoms with E-state index in [1.54, 1.807) is 0 Å². The molecule has 0 saturated carbocycles. The number of phenolic OH excluding ortho intramolecular Hbond substituents is 2. The molecule has 0 radical (unpaired) electrons. The number of benzene rings is 1. The summed E-state index contributed by atoms with van der Waals surface area (Å²) in [7, 11) is 0. The van der Waals surface area contributed by atoms with Crippen LogP contribution in [0.4, 0.5) is 4.79 Å². The quantitative estimate of drug-likeness (QED) is 0.694. The molecule has 0 atom stereocenters. The number of amides is 1. The van der Waals surface area contributed by atoms with Crippen molar-refractivity contribution in [2.75, 3.05) is 0 Å². The fraction of sp³-hybridized carbons (Fsp3) is 0.462. The van der Waals surface area contributed by atoms with Crippen molar-refractivity contribution < 1.29 is 19.7 Å². The van der Waals surface area contributed by atoms with Gasteiger partial charge in [0.2, 0.25) is 0 Å². The molecule has 0 saturated heterocycles. The molecule has 0 aliphatic carbocycles. The third-order valence-electron chi connectivity index (χ3n) is 2.67. The minimum Gasteiger partial charge on any atom is -0.504 e. The highest BCUT2D eigenvalue weighted by Crippen LogP contribution is 2.33. The van der Waals surface area contributed by atoms with Gasteiger partial charge in [-0.3, -0.25) is 4.90 Å². The zero-order valence-corrected chi connectivity index (χ0v) is 10.7. The smallest absolute Gasteiger partial charge is 0.410 e. The number of hydrogen-bond acceptors (Lipinski definition) is 4. The van der Waals surface area contributed by atoms with Gasteiger partial charge in [-0.25, -0.2) is 4.79 Å². The van der Waals surface area contributed by atoms with Gasteiger partial charge in [0.25, 0.3) is 0 Å². The van der Waals surface area contributed by atoms with E-state index in [4.69, 9.17) is 4.74 Å². The van der Waals surface area contributed by atoms with E-state index in [9.17, 15) is 15.0 Å². The highest BCUT2D eigenvalue weighted by Gasteiger charge is 2.28. The van der Waals surface area contributed by atoms with Gasteiger partial charge < -0.3 is 14.9 Å². The summed E-state index contributed by atoms with van der Waals surface area (Å²) in [5.41, 5.74) is 1.13. The Kier molecular flexibility index (Phi) is 2.84. The molecule has 0 fully saturated rings. The van der Waals surface area contributed by atoms with E-state index in [2.05, 4.69) is 0 Å². The van der Waals surface area contributed by atoms with E-state index >= 15 is 0 Å². The molecular weight excluding hydrogens is 234 g/mol. The van der Waals surface area contributed by atoms with Crippen molar-refractivity contribution in [3.05, 3.63) is 23.3 Å². The van der Waals surface area contributed by atoms with Crippen LogP contribution < -0.4 is 0 Å². The molecule has 0 aromatic heterocycles. The van der Waals surface area contributed by atoms with Crippen LogP contribution in [0.3, 0.4) is 0 Å². The molecule has 1 aromatic carbocycles. The van der Waals surface area contributed by atoms with E-state index in [1.165, 1.54) is 17.0 Å². The predicted molar refractivity (Wildman–Crippen MR) is 65.3 cm³/mol. The van der Waals surface area contributed by atoms with E-state index in [1.807, 2.05) is 20.8 Å². The largest absolute Gasteiger partial charge is 0.504 e. The van der Waals surface area contributed by atoms with E-state index in [0.29, 0.717) is 13.1 Å². The molecule has 5 heteroatoms. The van der Waals surface area contributed by atoms with Crippen molar-refractivity contribution >= 4 is 6.09 Å². The molecule has 0 spiro atoms. The summed E-state index contributed by atoms with van der Waals surface area (Å²) in [5, 5.41) is 18.8. The number of hydrogen-bond donors (Lipinski definition) is 2. The van der Waals surface area contributed by atoms with Crippen molar-refractivity contribution in [2.45, 2.75) is 39.5 Å². The average Bonchev–Trinajstić information content (AvgIpc) is 2.59. The van der Waals surface area contributed by atoms with Gasteiger partial charge >= 0.3 is 6.09 Å². The maximum Gasteiger partial charge on any atom is 0.410 e. The van der Waals surface area contributed by atoms with Gasteiger partial charge in [0.1, 0.15) is 5.60 Å². The minimum absolute atomic E-state index is 0.167. The van der Waals surface area contributed by atoms with Crippen molar-refractivity contribution in [3.8, 4) is 11.5 Å². The van der Waals surface area contributed by atoms with E-state index in [0.717, 1.165) is 11.1 Å². The standard InChI is InChI=1S/C13H17NO4/c1-13(2,3)18-12(17)14-6-8-4-10(15)11(16)5-9(8)7-14/h4-5,15-16H,6-7H2,1-3H3. The molecule has 1 amide bonds. The molecule has 1 aromatic rings. The van der Waals surface area contributed by atoms with Gasteiger partial charge in [-0.05, 0) is 44.0 Å². The monoisotopic (exact) mass is 251 g/mol. The number of rotatable bonds is 0. The highest BCUT2D eigenvalue weighted by atomic mass is 16.6. The Balaban J connectivity index is 2.13. The number of nitrogens with zero attached hydrogens (tertiary/aromatic N) is 1. The Morgan fingerprint density at radius 2 is 1.61 bits per heavy atom. The number of fused-ring (bicyclic) bond motifs is 1. The molecule has 98 valence electrons. The number of carbonyl (C=O) groups is 1. The second-order valence-corrected chi connectivity index (χ2v) is 5.45. The van der Waals surface area contributed by atoms with Gasteiger partial charge in [0.05, 0.1) is 0 Å². The molecule has 0 unspecified atom stereocenters. The molecule has 1 aliphatic rings. The van der Waals surface area contributed by atoms with Crippen LogP contribution in [0.25, 0.3) is 0 Å². The van der Waals surface area contributed by atoms with Crippen LogP contribution in [0, 0.1) is 0 Å². The zero-order valence-electron chi connectivity index (χ0n) is 10.7. The highest BCUT2D eigenvalue weighted by molar-refractivity contribution is 5.69. The van der Waals surface area contributed by atoms with Gasteiger partial charge in [0, 0.05) is 13.1 Å². The normalized spacial score (nSPS) is 14.5.